The third kappa shape index (κ3) is 2.91. The van der Waals surface area contributed by atoms with E-state index in [1.54, 1.807) is 0 Å². The Morgan fingerprint density at radius 3 is 2.61 bits per heavy atom. The molecule has 2 aromatic carbocycles. The average Bonchev–Trinajstić information content (AvgIpc) is 2.52. The predicted octanol–water partition coefficient (Wildman–Crippen LogP) is 2.25. The lowest BCUT2D eigenvalue weighted by molar-refractivity contribution is -0.118. The normalized spacial score (nSPS) is 12.9. The summed E-state index contributed by atoms with van der Waals surface area (Å²) >= 11 is 0. The SMILES string of the molecule is O=C1COc2cc(NC(=O)c3cc(F)c(O)c(F)c3)ccc2N1. The molecule has 0 radical (unpaired) electrons. The minimum Gasteiger partial charge on any atom is -0.503 e. The molecule has 0 saturated carbocycles. The molecule has 0 unspecified atom stereocenters. The van der Waals surface area contributed by atoms with Crippen LogP contribution < -0.4 is 15.4 Å². The molecule has 0 atom stereocenters. The Labute approximate surface area is 128 Å². The van der Waals surface area contributed by atoms with Crippen LogP contribution >= 0.6 is 0 Å². The van der Waals surface area contributed by atoms with Gasteiger partial charge in [-0.1, -0.05) is 0 Å². The first-order chi connectivity index (χ1) is 10.9. The van der Waals surface area contributed by atoms with Gasteiger partial charge in [0.15, 0.2) is 24.0 Å². The Balaban J connectivity index is 1.82. The Morgan fingerprint density at radius 1 is 1.22 bits per heavy atom. The largest absolute Gasteiger partial charge is 0.503 e. The van der Waals surface area contributed by atoms with E-state index >= 15 is 0 Å². The molecule has 0 aliphatic carbocycles. The zero-order valence-corrected chi connectivity index (χ0v) is 11.5. The van der Waals surface area contributed by atoms with E-state index in [4.69, 9.17) is 9.84 Å². The fourth-order valence-electron chi connectivity index (χ4n) is 2.05. The molecule has 0 bridgehead atoms. The topological polar surface area (TPSA) is 87.7 Å². The number of phenolic OH excluding ortho intramolecular Hbond substituents is 1. The monoisotopic (exact) mass is 320 g/mol. The van der Waals surface area contributed by atoms with E-state index in [9.17, 15) is 18.4 Å². The molecule has 0 spiro atoms. The minimum atomic E-state index is -1.23. The summed E-state index contributed by atoms with van der Waals surface area (Å²) in [6.45, 7) is -0.140. The highest BCUT2D eigenvalue weighted by Crippen LogP contribution is 2.31. The third-order valence-electron chi connectivity index (χ3n) is 3.15. The van der Waals surface area contributed by atoms with Gasteiger partial charge >= 0.3 is 0 Å². The quantitative estimate of drug-likeness (QED) is 0.792. The summed E-state index contributed by atoms with van der Waals surface area (Å²) in [5, 5.41) is 14.1. The number of nitrogens with one attached hydrogen (secondary N) is 2. The molecule has 8 heteroatoms. The number of carbonyl (C=O) groups is 2. The van der Waals surface area contributed by atoms with Gasteiger partial charge in [0.25, 0.3) is 11.8 Å². The van der Waals surface area contributed by atoms with Crippen molar-refractivity contribution in [2.24, 2.45) is 0 Å². The Hall–Kier alpha value is -3.16. The summed E-state index contributed by atoms with van der Waals surface area (Å²) in [4.78, 5) is 23.2. The van der Waals surface area contributed by atoms with E-state index in [-0.39, 0.29) is 18.1 Å². The van der Waals surface area contributed by atoms with Crippen LogP contribution in [-0.4, -0.2) is 23.5 Å². The Kier molecular flexibility index (Phi) is 3.57. The van der Waals surface area contributed by atoms with Crippen molar-refractivity contribution < 1.29 is 28.2 Å². The van der Waals surface area contributed by atoms with E-state index < -0.39 is 23.3 Å². The van der Waals surface area contributed by atoms with Gasteiger partial charge in [-0.3, -0.25) is 9.59 Å². The second-order valence-corrected chi connectivity index (χ2v) is 4.79. The van der Waals surface area contributed by atoms with Gasteiger partial charge in [-0.05, 0) is 24.3 Å². The van der Waals surface area contributed by atoms with Crippen molar-refractivity contribution in [3.8, 4) is 11.5 Å². The van der Waals surface area contributed by atoms with Gasteiger partial charge in [0.05, 0.1) is 5.69 Å². The van der Waals surface area contributed by atoms with Crippen LogP contribution in [0.1, 0.15) is 10.4 Å². The summed E-state index contributed by atoms with van der Waals surface area (Å²) in [5.41, 5.74) is 0.490. The Bertz CT molecular complexity index is 800. The van der Waals surface area contributed by atoms with Gasteiger partial charge in [-0.25, -0.2) is 8.78 Å². The lowest BCUT2D eigenvalue weighted by Crippen LogP contribution is -2.25. The van der Waals surface area contributed by atoms with Gasteiger partial charge in [0, 0.05) is 17.3 Å². The van der Waals surface area contributed by atoms with Gasteiger partial charge in [-0.15, -0.1) is 0 Å². The van der Waals surface area contributed by atoms with Crippen molar-refractivity contribution in [1.29, 1.82) is 0 Å². The van der Waals surface area contributed by atoms with Gasteiger partial charge in [-0.2, -0.15) is 0 Å². The molecule has 1 aliphatic rings. The molecule has 3 rings (SSSR count). The van der Waals surface area contributed by atoms with Gasteiger partial charge in [0.1, 0.15) is 5.75 Å². The van der Waals surface area contributed by atoms with E-state index in [0.29, 0.717) is 17.1 Å². The maximum atomic E-state index is 13.3. The van der Waals surface area contributed by atoms with Crippen molar-refractivity contribution in [2.75, 3.05) is 17.2 Å². The van der Waals surface area contributed by atoms with Crippen LogP contribution in [0.2, 0.25) is 0 Å². The number of amides is 2. The average molecular weight is 320 g/mol. The first-order valence-corrected chi connectivity index (χ1v) is 6.50. The highest BCUT2D eigenvalue weighted by atomic mass is 19.1. The zero-order valence-electron chi connectivity index (χ0n) is 11.5. The van der Waals surface area contributed by atoms with E-state index in [0.717, 1.165) is 12.1 Å². The molecule has 0 saturated heterocycles. The van der Waals surface area contributed by atoms with Crippen LogP contribution in [0.4, 0.5) is 20.2 Å². The maximum Gasteiger partial charge on any atom is 0.262 e. The van der Waals surface area contributed by atoms with Crippen LogP contribution in [0.15, 0.2) is 30.3 Å². The van der Waals surface area contributed by atoms with Crippen molar-refractivity contribution in [3.05, 3.63) is 47.5 Å². The molecular weight excluding hydrogens is 310 g/mol. The number of anilines is 2. The van der Waals surface area contributed by atoms with E-state index in [2.05, 4.69) is 10.6 Å². The number of benzene rings is 2. The predicted molar refractivity (Wildman–Crippen MR) is 76.5 cm³/mol. The zero-order chi connectivity index (χ0) is 16.6. The number of aromatic hydroxyl groups is 1. The third-order valence-corrected chi connectivity index (χ3v) is 3.15. The fraction of sp³-hybridized carbons (Fsp3) is 0.0667. The van der Waals surface area contributed by atoms with E-state index in [1.807, 2.05) is 0 Å². The number of ether oxygens (including phenoxy) is 1. The second-order valence-electron chi connectivity index (χ2n) is 4.79. The molecule has 0 aromatic heterocycles. The highest BCUT2D eigenvalue weighted by molar-refractivity contribution is 6.05. The van der Waals surface area contributed by atoms with Crippen molar-refractivity contribution in [3.63, 3.8) is 0 Å². The van der Waals surface area contributed by atoms with Gasteiger partial charge < -0.3 is 20.5 Å². The fourth-order valence-corrected chi connectivity index (χ4v) is 2.05. The summed E-state index contributed by atoms with van der Waals surface area (Å²) in [6, 6.07) is 5.95. The van der Waals surface area contributed by atoms with Crippen molar-refractivity contribution in [2.45, 2.75) is 0 Å². The number of carbonyl (C=O) groups excluding carboxylic acids is 2. The van der Waals surface area contributed by atoms with Crippen LogP contribution in [0.5, 0.6) is 11.5 Å². The van der Waals surface area contributed by atoms with Crippen LogP contribution in [0.25, 0.3) is 0 Å². The summed E-state index contributed by atoms with van der Waals surface area (Å²) < 4.78 is 31.7. The molecule has 118 valence electrons. The summed E-state index contributed by atoms with van der Waals surface area (Å²) in [6.07, 6.45) is 0. The first-order valence-electron chi connectivity index (χ1n) is 6.50. The molecule has 6 nitrogen and oxygen atoms in total. The number of hydrogen-bond acceptors (Lipinski definition) is 4. The standard InChI is InChI=1S/C15H10F2N2O4/c16-9-3-7(4-10(17)14(9)21)15(22)18-8-1-2-11-12(5-8)23-6-13(20)19-11/h1-5,21H,6H2,(H,18,22)(H,19,20). The summed E-state index contributed by atoms with van der Waals surface area (Å²) in [5.74, 6) is -4.28. The molecule has 23 heavy (non-hydrogen) atoms. The van der Waals surface area contributed by atoms with Crippen LogP contribution in [0, 0.1) is 11.6 Å². The molecule has 2 amide bonds. The van der Waals surface area contributed by atoms with Gasteiger partial charge in [0.2, 0.25) is 0 Å². The van der Waals surface area contributed by atoms with Crippen LogP contribution in [0.3, 0.4) is 0 Å². The molecular formula is C15H10F2N2O4. The molecule has 2 aromatic rings. The molecule has 0 fully saturated rings. The molecule has 1 aliphatic heterocycles. The summed E-state index contributed by atoms with van der Waals surface area (Å²) in [7, 11) is 0. The van der Waals surface area contributed by atoms with E-state index in [1.165, 1.54) is 18.2 Å². The maximum absolute atomic E-state index is 13.3. The van der Waals surface area contributed by atoms with Crippen LogP contribution in [-0.2, 0) is 4.79 Å². The van der Waals surface area contributed by atoms with Crippen molar-refractivity contribution >= 4 is 23.2 Å². The number of rotatable bonds is 2. The number of fused-ring (bicyclic) bond motifs is 1. The lowest BCUT2D eigenvalue weighted by Gasteiger charge is -2.18. The first kappa shape index (κ1) is 14.8. The minimum absolute atomic E-state index is 0.140. The lowest BCUT2D eigenvalue weighted by atomic mass is 10.1. The second kappa shape index (κ2) is 5.56. The number of phenols is 1. The highest BCUT2D eigenvalue weighted by Gasteiger charge is 2.18. The number of hydrogen-bond donors (Lipinski definition) is 3. The molecule has 3 N–H and O–H groups in total. The smallest absolute Gasteiger partial charge is 0.262 e. The Morgan fingerprint density at radius 2 is 1.91 bits per heavy atom. The number of halogens is 2. The van der Waals surface area contributed by atoms with Crippen molar-refractivity contribution in [1.82, 2.24) is 0 Å². The molecule has 1 heterocycles.